The molecule has 2 aliphatic carbocycles. The second kappa shape index (κ2) is 4.83. The minimum Gasteiger partial charge on any atom is -0.478 e. The van der Waals surface area contributed by atoms with Crippen LogP contribution in [-0.4, -0.2) is 11.1 Å². The Morgan fingerprint density at radius 1 is 1.06 bits per heavy atom. The Bertz CT molecular complexity index is 506. The molecule has 0 saturated heterocycles. The minimum absolute atomic E-state index is 0.365. The average Bonchev–Trinajstić information content (AvgIpc) is 2.34. The lowest BCUT2D eigenvalue weighted by Crippen LogP contribution is -1.96. The first-order chi connectivity index (χ1) is 8.20. The summed E-state index contributed by atoms with van der Waals surface area (Å²) in [6.45, 7) is 2.00. The van der Waals surface area contributed by atoms with Gasteiger partial charge in [-0.3, -0.25) is 0 Å². The Hall–Kier alpha value is -2.09. The lowest BCUT2D eigenvalue weighted by Gasteiger charge is -2.10. The fourth-order valence-electron chi connectivity index (χ4n) is 1.59. The second-order valence-corrected chi connectivity index (χ2v) is 3.94. The van der Waals surface area contributed by atoms with E-state index in [9.17, 15) is 4.79 Å². The molecule has 0 aromatic heterocycles. The van der Waals surface area contributed by atoms with Crippen LogP contribution in [0, 0.1) is 0 Å². The van der Waals surface area contributed by atoms with Crippen LogP contribution in [0.2, 0.25) is 0 Å². The molecule has 0 bridgehead atoms. The number of aryl methyl sites for hydroxylation is 1. The monoisotopic (exact) mass is 226 g/mol. The molecule has 2 aliphatic rings. The molecule has 0 heterocycles. The Morgan fingerprint density at radius 3 is 2.00 bits per heavy atom. The molecule has 1 aromatic rings. The summed E-state index contributed by atoms with van der Waals surface area (Å²) in [5.41, 5.74) is 4.28. The van der Waals surface area contributed by atoms with Crippen LogP contribution in [0.1, 0.15) is 22.8 Å². The fraction of sp³-hybridized carbons (Fsp3) is 0.133. The minimum atomic E-state index is -0.861. The van der Waals surface area contributed by atoms with Crippen LogP contribution in [0.15, 0.2) is 48.5 Å². The highest BCUT2D eigenvalue weighted by molar-refractivity contribution is 5.87. The van der Waals surface area contributed by atoms with Crippen molar-refractivity contribution in [2.24, 2.45) is 0 Å². The molecule has 0 amide bonds. The van der Waals surface area contributed by atoms with Crippen molar-refractivity contribution in [3.05, 3.63) is 59.7 Å². The topological polar surface area (TPSA) is 37.3 Å². The average molecular weight is 226 g/mol. The lowest BCUT2D eigenvalue weighted by atomic mass is 9.95. The van der Waals surface area contributed by atoms with Crippen LogP contribution >= 0.6 is 0 Å². The zero-order chi connectivity index (χ0) is 12.3. The number of carboxylic acid groups (broad SMARTS) is 1. The number of benzene rings is 2. The van der Waals surface area contributed by atoms with Gasteiger partial charge in [-0.05, 0) is 35.2 Å². The third kappa shape index (κ3) is 2.53. The van der Waals surface area contributed by atoms with E-state index >= 15 is 0 Å². The van der Waals surface area contributed by atoms with Gasteiger partial charge in [0, 0.05) is 0 Å². The quantitative estimate of drug-likeness (QED) is 0.724. The smallest absolute Gasteiger partial charge is 0.335 e. The number of carboxylic acids is 1. The van der Waals surface area contributed by atoms with Gasteiger partial charge in [-0.15, -0.1) is 0 Å². The molecular formula is C15H14O2. The summed E-state index contributed by atoms with van der Waals surface area (Å²) >= 11 is 0. The molecule has 1 N–H and O–H groups in total. The normalized spacial score (nSPS) is 10.2. The van der Waals surface area contributed by atoms with Crippen molar-refractivity contribution in [3.63, 3.8) is 0 Å². The van der Waals surface area contributed by atoms with Gasteiger partial charge in [0.05, 0.1) is 5.56 Å². The summed E-state index contributed by atoms with van der Waals surface area (Å²) in [5, 5.41) is 8.60. The van der Waals surface area contributed by atoms with Crippen molar-refractivity contribution < 1.29 is 9.90 Å². The summed E-state index contributed by atoms with van der Waals surface area (Å²) < 4.78 is 0. The van der Waals surface area contributed by atoms with Crippen LogP contribution < -0.4 is 0 Å². The molecule has 17 heavy (non-hydrogen) atoms. The summed E-state index contributed by atoms with van der Waals surface area (Å²) in [5.74, 6) is -0.861. The molecule has 0 aliphatic heterocycles. The van der Waals surface area contributed by atoms with Gasteiger partial charge in [-0.2, -0.15) is 0 Å². The molecule has 0 unspecified atom stereocenters. The zero-order valence-corrected chi connectivity index (χ0v) is 9.68. The summed E-state index contributed by atoms with van der Waals surface area (Å²) in [4.78, 5) is 10.5. The maximum atomic E-state index is 10.5. The van der Waals surface area contributed by atoms with Crippen molar-refractivity contribution in [1.29, 1.82) is 0 Å². The Kier molecular flexibility index (Phi) is 3.24. The number of hydrogen-bond donors (Lipinski definition) is 1. The molecule has 2 heteroatoms. The molecule has 0 atom stereocenters. The van der Waals surface area contributed by atoms with Crippen LogP contribution in [0.4, 0.5) is 0 Å². The number of hydrogen-bond acceptors (Lipinski definition) is 1. The molecule has 0 fully saturated rings. The predicted molar refractivity (Wildman–Crippen MR) is 68.2 cm³/mol. The Morgan fingerprint density at radius 2 is 1.65 bits per heavy atom. The second-order valence-electron chi connectivity index (χ2n) is 3.94. The fourth-order valence-corrected chi connectivity index (χ4v) is 1.59. The first-order valence-corrected chi connectivity index (χ1v) is 5.63. The molecule has 86 valence electrons. The number of fused-ring (bicyclic) bond motifs is 1. The highest BCUT2D eigenvalue weighted by Crippen LogP contribution is 2.29. The van der Waals surface area contributed by atoms with Gasteiger partial charge < -0.3 is 5.11 Å². The maximum Gasteiger partial charge on any atom is 0.335 e. The van der Waals surface area contributed by atoms with Gasteiger partial charge >= 0.3 is 5.97 Å². The van der Waals surface area contributed by atoms with Gasteiger partial charge in [0.2, 0.25) is 0 Å². The Balaban J connectivity index is 0.000000148. The van der Waals surface area contributed by atoms with Crippen molar-refractivity contribution in [3.8, 4) is 11.1 Å². The van der Waals surface area contributed by atoms with Crippen molar-refractivity contribution in [1.82, 2.24) is 0 Å². The largest absolute Gasteiger partial charge is 0.478 e. The zero-order valence-electron chi connectivity index (χ0n) is 9.68. The van der Waals surface area contributed by atoms with E-state index in [1.165, 1.54) is 11.1 Å². The van der Waals surface area contributed by atoms with Crippen molar-refractivity contribution >= 4 is 5.97 Å². The van der Waals surface area contributed by atoms with Crippen LogP contribution in [0.5, 0.6) is 0 Å². The molecule has 3 rings (SSSR count). The summed E-state index contributed by atoms with van der Waals surface area (Å²) in [6.07, 6.45) is 0.876. The van der Waals surface area contributed by atoms with E-state index in [4.69, 9.17) is 5.11 Å². The maximum absolute atomic E-state index is 10.5. The summed E-state index contributed by atoms with van der Waals surface area (Å²) in [7, 11) is 0. The highest BCUT2D eigenvalue weighted by Gasteiger charge is 2.04. The SMILES string of the molecule is CCc1cccc(C(=O)O)c1.c1cc2ccc1-2. The molecule has 1 aromatic carbocycles. The van der Waals surface area contributed by atoms with E-state index in [2.05, 4.69) is 24.3 Å². The van der Waals surface area contributed by atoms with E-state index in [1.807, 2.05) is 13.0 Å². The van der Waals surface area contributed by atoms with Gasteiger partial charge in [0.1, 0.15) is 0 Å². The molecule has 0 saturated carbocycles. The molecule has 2 nitrogen and oxygen atoms in total. The van der Waals surface area contributed by atoms with E-state index in [0.29, 0.717) is 5.56 Å². The van der Waals surface area contributed by atoms with Crippen molar-refractivity contribution in [2.75, 3.05) is 0 Å². The predicted octanol–water partition coefficient (Wildman–Crippen LogP) is 3.61. The molecule has 0 radical (unpaired) electrons. The van der Waals surface area contributed by atoms with Crippen LogP contribution in [0.3, 0.4) is 0 Å². The third-order valence-electron chi connectivity index (χ3n) is 2.80. The van der Waals surface area contributed by atoms with Gasteiger partial charge in [0.25, 0.3) is 0 Å². The van der Waals surface area contributed by atoms with Gasteiger partial charge in [0.15, 0.2) is 0 Å². The van der Waals surface area contributed by atoms with E-state index < -0.39 is 5.97 Å². The van der Waals surface area contributed by atoms with Gasteiger partial charge in [-0.1, -0.05) is 43.3 Å². The van der Waals surface area contributed by atoms with E-state index in [-0.39, 0.29) is 0 Å². The Labute approximate surface area is 101 Å². The van der Waals surface area contributed by atoms with E-state index in [1.54, 1.807) is 18.2 Å². The lowest BCUT2D eigenvalue weighted by molar-refractivity contribution is 0.0697. The van der Waals surface area contributed by atoms with Gasteiger partial charge in [-0.25, -0.2) is 4.79 Å². The highest BCUT2D eigenvalue weighted by atomic mass is 16.4. The third-order valence-corrected chi connectivity index (χ3v) is 2.80. The van der Waals surface area contributed by atoms with Crippen LogP contribution in [0.25, 0.3) is 11.1 Å². The molecule has 0 spiro atoms. The van der Waals surface area contributed by atoms with E-state index in [0.717, 1.165) is 12.0 Å². The first kappa shape index (κ1) is 11.4. The number of rotatable bonds is 2. The summed E-state index contributed by atoms with van der Waals surface area (Å²) in [6, 6.07) is 15.5. The standard InChI is InChI=1S/C9H10O2.C6H4/c1-2-7-4-3-5-8(6-7)9(10)11;1-2-6-4-3-5(1)6/h3-6H,2H2,1H3,(H,10,11);1-4H. The number of carbonyl (C=O) groups is 1. The van der Waals surface area contributed by atoms with Crippen LogP contribution in [-0.2, 0) is 6.42 Å². The van der Waals surface area contributed by atoms with Crippen molar-refractivity contribution in [2.45, 2.75) is 13.3 Å². The number of aromatic carboxylic acids is 1. The first-order valence-electron chi connectivity index (χ1n) is 5.63. The molecular weight excluding hydrogens is 212 g/mol.